The fraction of sp³-hybridized carbons (Fsp3) is 0. The number of carbonyl (C=O) groups excluding carboxylic acids is 1. The predicted molar refractivity (Wildman–Crippen MR) is 46.7 cm³/mol. The lowest BCUT2D eigenvalue weighted by atomic mass is 10.3. The predicted octanol–water partition coefficient (Wildman–Crippen LogP) is 1.39. The highest BCUT2D eigenvalue weighted by molar-refractivity contribution is 7.96. The zero-order valence-corrected chi connectivity index (χ0v) is 6.66. The van der Waals surface area contributed by atoms with Crippen LogP contribution < -0.4 is 5.73 Å². The van der Waals surface area contributed by atoms with E-state index in [0.717, 1.165) is 0 Å². The standard InChI is InChI=1S/C6H6O.CH3NOS/c7-6-4-2-1-3-5-6;2-1(3)4/h1-5,7H;(H3,2,3,4). The van der Waals surface area contributed by atoms with Crippen molar-refractivity contribution in [3.8, 4) is 5.75 Å². The Morgan fingerprint density at radius 3 is 1.91 bits per heavy atom. The van der Waals surface area contributed by atoms with E-state index in [0.29, 0.717) is 5.75 Å². The largest absolute Gasteiger partial charge is 0.508 e. The molecular formula is C7H9NO2S. The van der Waals surface area contributed by atoms with E-state index >= 15 is 0 Å². The molecule has 0 unspecified atom stereocenters. The van der Waals surface area contributed by atoms with Crippen LogP contribution in [0.2, 0.25) is 0 Å². The van der Waals surface area contributed by atoms with Gasteiger partial charge in [-0.1, -0.05) is 30.8 Å². The van der Waals surface area contributed by atoms with Gasteiger partial charge >= 0.3 is 0 Å². The van der Waals surface area contributed by atoms with Gasteiger partial charge in [-0.25, -0.2) is 0 Å². The van der Waals surface area contributed by atoms with Gasteiger partial charge in [-0.15, -0.1) is 0 Å². The molecule has 0 aliphatic rings. The minimum Gasteiger partial charge on any atom is -0.508 e. The number of primary amides is 1. The van der Waals surface area contributed by atoms with Gasteiger partial charge in [-0.05, 0) is 12.1 Å². The quantitative estimate of drug-likeness (QED) is 0.516. The van der Waals surface area contributed by atoms with E-state index in [4.69, 9.17) is 9.90 Å². The Bertz CT molecular complexity index is 209. The molecule has 0 aromatic heterocycles. The van der Waals surface area contributed by atoms with Gasteiger partial charge < -0.3 is 10.8 Å². The maximum absolute atomic E-state index is 9.09. The molecule has 1 amide bonds. The van der Waals surface area contributed by atoms with E-state index < -0.39 is 5.24 Å². The van der Waals surface area contributed by atoms with Crippen LogP contribution in [0.1, 0.15) is 0 Å². The summed E-state index contributed by atoms with van der Waals surface area (Å²) in [6.07, 6.45) is 0. The molecule has 1 aromatic carbocycles. The van der Waals surface area contributed by atoms with Gasteiger partial charge in [0.25, 0.3) is 5.24 Å². The normalized spacial score (nSPS) is 7.73. The maximum atomic E-state index is 9.09. The summed E-state index contributed by atoms with van der Waals surface area (Å²) in [5.74, 6) is 0.322. The van der Waals surface area contributed by atoms with E-state index in [9.17, 15) is 0 Å². The molecule has 60 valence electrons. The van der Waals surface area contributed by atoms with Crippen LogP contribution in [0.15, 0.2) is 30.3 Å². The van der Waals surface area contributed by atoms with Gasteiger partial charge in [0, 0.05) is 0 Å². The number of hydrogen-bond acceptors (Lipinski definition) is 2. The molecule has 0 fully saturated rings. The van der Waals surface area contributed by atoms with E-state index in [1.54, 1.807) is 24.3 Å². The molecule has 1 rings (SSSR count). The Balaban J connectivity index is 0.000000218. The number of aromatic hydroxyl groups is 1. The number of thiol groups is 1. The van der Waals surface area contributed by atoms with Crippen LogP contribution in [-0.4, -0.2) is 10.3 Å². The van der Waals surface area contributed by atoms with Crippen molar-refractivity contribution in [2.24, 2.45) is 5.73 Å². The molecule has 0 spiro atoms. The Hall–Kier alpha value is -1.16. The summed E-state index contributed by atoms with van der Waals surface area (Å²) >= 11 is 3.10. The maximum Gasteiger partial charge on any atom is 0.273 e. The molecule has 0 saturated carbocycles. The number of hydrogen-bond donors (Lipinski definition) is 3. The molecule has 3 N–H and O–H groups in total. The van der Waals surface area contributed by atoms with Crippen molar-refractivity contribution in [2.75, 3.05) is 0 Å². The van der Waals surface area contributed by atoms with Crippen molar-refractivity contribution >= 4 is 17.9 Å². The summed E-state index contributed by atoms with van der Waals surface area (Å²) in [6, 6.07) is 8.71. The number of benzene rings is 1. The van der Waals surface area contributed by atoms with Crippen LogP contribution in [0.5, 0.6) is 5.75 Å². The third-order valence-electron chi connectivity index (χ3n) is 0.756. The Morgan fingerprint density at radius 1 is 1.36 bits per heavy atom. The van der Waals surface area contributed by atoms with E-state index in [1.165, 1.54) is 0 Å². The first-order chi connectivity index (χ1) is 5.13. The molecule has 0 aliphatic carbocycles. The van der Waals surface area contributed by atoms with Gasteiger partial charge in [-0.3, -0.25) is 4.79 Å². The number of rotatable bonds is 0. The first-order valence-corrected chi connectivity index (χ1v) is 3.30. The molecule has 11 heavy (non-hydrogen) atoms. The molecule has 0 bridgehead atoms. The summed E-state index contributed by atoms with van der Waals surface area (Å²) in [7, 11) is 0. The summed E-state index contributed by atoms with van der Waals surface area (Å²) in [5.41, 5.74) is 4.34. The van der Waals surface area contributed by atoms with Crippen LogP contribution in [0.4, 0.5) is 4.79 Å². The zero-order chi connectivity index (χ0) is 8.69. The molecule has 1 aromatic rings. The van der Waals surface area contributed by atoms with Gasteiger partial charge in [0.15, 0.2) is 0 Å². The smallest absolute Gasteiger partial charge is 0.273 e. The molecule has 0 aliphatic heterocycles. The lowest BCUT2D eigenvalue weighted by Crippen LogP contribution is -1.95. The average molecular weight is 171 g/mol. The summed E-state index contributed by atoms with van der Waals surface area (Å²) in [6.45, 7) is 0. The van der Waals surface area contributed by atoms with Crippen molar-refractivity contribution in [2.45, 2.75) is 0 Å². The van der Waals surface area contributed by atoms with Gasteiger partial charge in [0.1, 0.15) is 5.75 Å². The Labute approximate surface area is 70.3 Å². The highest BCUT2D eigenvalue weighted by Crippen LogP contribution is 2.02. The monoisotopic (exact) mass is 171 g/mol. The number of phenols is 1. The Morgan fingerprint density at radius 2 is 1.73 bits per heavy atom. The van der Waals surface area contributed by atoms with Crippen molar-refractivity contribution in [1.82, 2.24) is 0 Å². The second-order valence-electron chi connectivity index (χ2n) is 1.67. The van der Waals surface area contributed by atoms with Crippen molar-refractivity contribution < 1.29 is 9.90 Å². The number of carbonyl (C=O) groups is 1. The molecule has 0 saturated heterocycles. The third kappa shape index (κ3) is 8.84. The fourth-order valence-electron chi connectivity index (χ4n) is 0.428. The minimum absolute atomic E-state index is 0.322. The van der Waals surface area contributed by atoms with Gasteiger partial charge in [0.2, 0.25) is 0 Å². The summed E-state index contributed by atoms with van der Waals surface area (Å²) in [5, 5.41) is 7.99. The summed E-state index contributed by atoms with van der Waals surface area (Å²) < 4.78 is 0. The van der Waals surface area contributed by atoms with E-state index in [-0.39, 0.29) is 0 Å². The van der Waals surface area contributed by atoms with Crippen LogP contribution in [0.3, 0.4) is 0 Å². The number of amides is 1. The van der Waals surface area contributed by atoms with Crippen LogP contribution in [0, 0.1) is 0 Å². The second-order valence-corrected chi connectivity index (χ2v) is 2.11. The lowest BCUT2D eigenvalue weighted by molar-refractivity contribution is 0.267. The average Bonchev–Trinajstić information content (AvgIpc) is 1.87. The fourth-order valence-corrected chi connectivity index (χ4v) is 0.428. The molecule has 0 radical (unpaired) electrons. The van der Waals surface area contributed by atoms with Crippen molar-refractivity contribution in [3.05, 3.63) is 30.3 Å². The molecule has 4 heteroatoms. The highest BCUT2D eigenvalue weighted by atomic mass is 32.1. The van der Waals surface area contributed by atoms with Crippen molar-refractivity contribution in [3.63, 3.8) is 0 Å². The SMILES string of the molecule is NC(=O)S.Oc1ccccc1. The van der Waals surface area contributed by atoms with Crippen molar-refractivity contribution in [1.29, 1.82) is 0 Å². The summed E-state index contributed by atoms with van der Waals surface area (Å²) in [4.78, 5) is 9.09. The van der Waals surface area contributed by atoms with Gasteiger partial charge in [0.05, 0.1) is 0 Å². The van der Waals surface area contributed by atoms with Gasteiger partial charge in [-0.2, -0.15) is 0 Å². The van der Waals surface area contributed by atoms with E-state index in [1.807, 2.05) is 6.07 Å². The topological polar surface area (TPSA) is 63.3 Å². The highest BCUT2D eigenvalue weighted by Gasteiger charge is 1.74. The molecular weight excluding hydrogens is 162 g/mol. The van der Waals surface area contributed by atoms with Crippen LogP contribution >= 0.6 is 12.6 Å². The Kier molecular flexibility index (Phi) is 5.02. The zero-order valence-electron chi connectivity index (χ0n) is 5.77. The number of phenolic OH excluding ortho intramolecular Hbond substituents is 1. The number of nitrogens with two attached hydrogens (primary N) is 1. The van der Waals surface area contributed by atoms with Crippen LogP contribution in [-0.2, 0) is 0 Å². The number of para-hydroxylation sites is 1. The second kappa shape index (κ2) is 5.61. The third-order valence-corrected chi connectivity index (χ3v) is 0.756. The molecule has 0 atom stereocenters. The molecule has 0 heterocycles. The minimum atomic E-state index is -0.639. The first kappa shape index (κ1) is 9.84. The van der Waals surface area contributed by atoms with Crippen LogP contribution in [0.25, 0.3) is 0 Å². The lowest BCUT2D eigenvalue weighted by Gasteiger charge is -1.82. The van der Waals surface area contributed by atoms with E-state index in [2.05, 4.69) is 18.4 Å². The molecule has 3 nitrogen and oxygen atoms in total. The first-order valence-electron chi connectivity index (χ1n) is 2.85.